The topological polar surface area (TPSA) is 109 Å². The van der Waals surface area contributed by atoms with Crippen molar-refractivity contribution in [2.24, 2.45) is 7.05 Å². The Morgan fingerprint density at radius 3 is 2.72 bits per heavy atom. The molecule has 0 spiro atoms. The molecular formula is C23H24F2N8O2S. The van der Waals surface area contributed by atoms with Crippen molar-refractivity contribution in [2.45, 2.75) is 19.3 Å². The molecule has 0 bridgehead atoms. The number of nitrogens with zero attached hydrogens (tertiary/aromatic N) is 6. The summed E-state index contributed by atoms with van der Waals surface area (Å²) >= 11 is 1.42. The predicted molar refractivity (Wildman–Crippen MR) is 131 cm³/mol. The van der Waals surface area contributed by atoms with Crippen molar-refractivity contribution in [1.82, 2.24) is 34.6 Å². The first-order valence-electron chi connectivity index (χ1n) is 11.3. The van der Waals surface area contributed by atoms with Gasteiger partial charge in [-0.1, -0.05) is 0 Å². The van der Waals surface area contributed by atoms with Gasteiger partial charge in [-0.25, -0.2) is 13.3 Å². The lowest BCUT2D eigenvalue weighted by molar-refractivity contribution is 0.0124. The number of hydrogen-bond donors (Lipinski definition) is 2. The highest BCUT2D eigenvalue weighted by Crippen LogP contribution is 2.30. The Morgan fingerprint density at radius 2 is 2.00 bits per heavy atom. The van der Waals surface area contributed by atoms with E-state index in [-0.39, 0.29) is 31.0 Å². The molecule has 4 aromatic rings. The molecule has 1 aliphatic heterocycles. The van der Waals surface area contributed by atoms with E-state index < -0.39 is 11.8 Å². The molecule has 1 saturated heterocycles. The Bertz CT molecular complexity index is 1440. The van der Waals surface area contributed by atoms with Crippen LogP contribution in [0.25, 0.3) is 15.3 Å². The van der Waals surface area contributed by atoms with Gasteiger partial charge in [-0.05, 0) is 13.0 Å². The number of aryl methyl sites for hydroxylation is 2. The lowest BCUT2D eigenvalue weighted by Crippen LogP contribution is -2.35. The Morgan fingerprint density at radius 1 is 1.17 bits per heavy atom. The van der Waals surface area contributed by atoms with E-state index in [1.54, 1.807) is 33.3 Å². The van der Waals surface area contributed by atoms with Crippen LogP contribution < -0.4 is 10.6 Å². The van der Waals surface area contributed by atoms with E-state index >= 15 is 0 Å². The zero-order chi connectivity index (χ0) is 25.4. The number of rotatable bonds is 7. The maximum atomic E-state index is 13.3. The summed E-state index contributed by atoms with van der Waals surface area (Å²) in [7, 11) is 1.83. The van der Waals surface area contributed by atoms with E-state index in [0.717, 1.165) is 10.4 Å². The lowest BCUT2D eigenvalue weighted by Gasteiger charge is -2.16. The van der Waals surface area contributed by atoms with Gasteiger partial charge >= 0.3 is 0 Å². The molecule has 0 unspecified atom stereocenters. The lowest BCUT2D eigenvalue weighted by atomic mass is 10.2. The van der Waals surface area contributed by atoms with Crippen molar-refractivity contribution in [1.29, 1.82) is 0 Å². The highest BCUT2D eigenvalue weighted by molar-refractivity contribution is 7.21. The summed E-state index contributed by atoms with van der Waals surface area (Å²) < 4.78 is 30.0. The Kier molecular flexibility index (Phi) is 6.26. The van der Waals surface area contributed by atoms with Crippen molar-refractivity contribution in [3.05, 3.63) is 53.9 Å². The maximum absolute atomic E-state index is 13.3. The molecule has 5 rings (SSSR count). The van der Waals surface area contributed by atoms with E-state index in [4.69, 9.17) is 0 Å². The normalized spacial score (nSPS) is 15.4. The van der Waals surface area contributed by atoms with Crippen LogP contribution in [0.5, 0.6) is 0 Å². The molecule has 2 N–H and O–H groups in total. The summed E-state index contributed by atoms with van der Waals surface area (Å²) in [5, 5.41) is 14.0. The second-order valence-electron chi connectivity index (χ2n) is 8.76. The molecule has 1 fully saturated rings. The molecule has 0 aliphatic carbocycles. The summed E-state index contributed by atoms with van der Waals surface area (Å²) in [6, 6.07) is 1.55. The minimum absolute atomic E-state index is 0.161. The summed E-state index contributed by atoms with van der Waals surface area (Å²) in [6.07, 6.45) is 8.23. The number of likely N-dealkylation sites (tertiary alicyclic amines) is 1. The number of carbonyl (C=O) groups excluding carboxylic acids is 2. The van der Waals surface area contributed by atoms with Gasteiger partial charge in [-0.2, -0.15) is 10.2 Å². The van der Waals surface area contributed by atoms with Crippen LogP contribution in [0.1, 0.15) is 32.8 Å². The number of halogens is 2. The van der Waals surface area contributed by atoms with E-state index in [1.165, 1.54) is 23.7 Å². The minimum atomic E-state index is -2.66. The number of aromatic nitrogens is 5. The molecule has 0 radical (unpaired) electrons. The number of hydrogen-bond acceptors (Lipinski definition) is 7. The number of alkyl halides is 2. The summed E-state index contributed by atoms with van der Waals surface area (Å²) in [5.41, 5.74) is 2.53. The number of carbonyl (C=O) groups is 2. The van der Waals surface area contributed by atoms with E-state index in [2.05, 4.69) is 25.8 Å². The molecule has 10 nitrogen and oxygen atoms in total. The standard InChI is InChI=1S/C23H24F2N8O2S/c1-14-18(7-15(8-27-14)20(34)26-4-6-32-5-3-23(24,25)13-32)30-21(35)17-10-29-33-12-19(36-22(17)33)16-9-28-31(2)11-16/h7-12H,3-6,13H2,1-2H3,(H,26,34)(H,30,35). The molecule has 0 saturated carbocycles. The quantitative estimate of drug-likeness (QED) is 0.393. The average molecular weight is 515 g/mol. The predicted octanol–water partition coefficient (Wildman–Crippen LogP) is 2.82. The van der Waals surface area contributed by atoms with Gasteiger partial charge in [0.2, 0.25) is 0 Å². The summed E-state index contributed by atoms with van der Waals surface area (Å²) in [5.74, 6) is -3.43. The highest BCUT2D eigenvalue weighted by Gasteiger charge is 2.37. The molecule has 13 heteroatoms. The number of pyridine rings is 1. The fourth-order valence-corrected chi connectivity index (χ4v) is 5.06. The number of thiazole rings is 1. The van der Waals surface area contributed by atoms with Crippen LogP contribution >= 0.6 is 11.3 Å². The monoisotopic (exact) mass is 514 g/mol. The zero-order valence-electron chi connectivity index (χ0n) is 19.7. The smallest absolute Gasteiger partial charge is 0.261 e. The van der Waals surface area contributed by atoms with Gasteiger partial charge in [0.05, 0.1) is 46.3 Å². The van der Waals surface area contributed by atoms with Crippen molar-refractivity contribution in [2.75, 3.05) is 31.5 Å². The van der Waals surface area contributed by atoms with Crippen molar-refractivity contribution in [3.63, 3.8) is 0 Å². The minimum Gasteiger partial charge on any atom is -0.351 e. The van der Waals surface area contributed by atoms with Crippen LogP contribution in [0.2, 0.25) is 0 Å². The van der Waals surface area contributed by atoms with Crippen molar-refractivity contribution in [3.8, 4) is 10.4 Å². The average Bonchev–Trinajstić information content (AvgIpc) is 3.59. The van der Waals surface area contributed by atoms with Gasteiger partial charge in [-0.15, -0.1) is 11.3 Å². The van der Waals surface area contributed by atoms with Gasteiger partial charge in [-0.3, -0.25) is 24.2 Å². The zero-order valence-corrected chi connectivity index (χ0v) is 20.5. The fraction of sp³-hybridized carbons (Fsp3) is 0.348. The van der Waals surface area contributed by atoms with Gasteiger partial charge in [0, 0.05) is 57.3 Å². The highest BCUT2D eigenvalue weighted by atomic mass is 32.1. The molecule has 0 atom stereocenters. The largest absolute Gasteiger partial charge is 0.351 e. The van der Waals surface area contributed by atoms with Crippen LogP contribution in [0.3, 0.4) is 0 Å². The molecule has 5 heterocycles. The first kappa shape index (κ1) is 24.0. The van der Waals surface area contributed by atoms with Gasteiger partial charge in [0.25, 0.3) is 17.7 Å². The molecule has 1 aliphatic rings. The van der Waals surface area contributed by atoms with Crippen LogP contribution in [0.4, 0.5) is 14.5 Å². The molecule has 0 aromatic carbocycles. The Balaban J connectivity index is 1.25. The van der Waals surface area contributed by atoms with E-state index in [0.29, 0.717) is 34.9 Å². The summed E-state index contributed by atoms with van der Waals surface area (Å²) in [4.78, 5) is 33.1. The van der Waals surface area contributed by atoms with E-state index in [1.807, 2.05) is 19.4 Å². The second kappa shape index (κ2) is 9.39. The number of nitrogens with one attached hydrogen (secondary N) is 2. The number of fused-ring (bicyclic) bond motifs is 1. The maximum Gasteiger partial charge on any atom is 0.261 e. The SMILES string of the molecule is Cc1ncc(C(=O)NCCN2CCC(F)(F)C2)cc1NC(=O)c1cnn2cc(-c3cnn(C)c3)sc12. The third-order valence-corrected chi connectivity index (χ3v) is 7.15. The van der Waals surface area contributed by atoms with Crippen molar-refractivity contribution < 1.29 is 18.4 Å². The van der Waals surface area contributed by atoms with Gasteiger partial charge in [0.15, 0.2) is 0 Å². The summed E-state index contributed by atoms with van der Waals surface area (Å²) in [6.45, 7) is 2.31. The molecular weight excluding hydrogens is 490 g/mol. The third kappa shape index (κ3) is 4.97. The second-order valence-corrected chi connectivity index (χ2v) is 9.79. The molecule has 2 amide bonds. The van der Waals surface area contributed by atoms with E-state index in [9.17, 15) is 18.4 Å². The van der Waals surface area contributed by atoms with Crippen LogP contribution in [-0.4, -0.2) is 73.2 Å². The van der Waals surface area contributed by atoms with Crippen LogP contribution in [0.15, 0.2) is 37.1 Å². The first-order valence-corrected chi connectivity index (χ1v) is 12.1. The number of anilines is 1. The molecule has 36 heavy (non-hydrogen) atoms. The number of amides is 2. The van der Waals surface area contributed by atoms with Crippen LogP contribution in [0, 0.1) is 6.92 Å². The fourth-order valence-electron chi connectivity index (χ4n) is 4.02. The van der Waals surface area contributed by atoms with Gasteiger partial charge < -0.3 is 10.6 Å². The first-order chi connectivity index (χ1) is 17.2. The van der Waals surface area contributed by atoms with Crippen LogP contribution in [-0.2, 0) is 7.05 Å². The Labute approximate surface area is 208 Å². The third-order valence-electron chi connectivity index (χ3n) is 5.99. The molecule has 4 aromatic heterocycles. The molecule has 188 valence electrons. The van der Waals surface area contributed by atoms with Crippen molar-refractivity contribution >= 4 is 33.7 Å². The Hall–Kier alpha value is -3.71. The van der Waals surface area contributed by atoms with Gasteiger partial charge in [0.1, 0.15) is 4.83 Å².